The van der Waals surface area contributed by atoms with Crippen molar-refractivity contribution in [2.45, 2.75) is 11.8 Å². The Labute approximate surface area is 148 Å². The van der Waals surface area contributed by atoms with E-state index in [1.807, 2.05) is 0 Å². The molecule has 1 N–H and O–H groups in total. The van der Waals surface area contributed by atoms with E-state index in [9.17, 15) is 13.8 Å². The molecule has 2 aromatic rings. The lowest BCUT2D eigenvalue weighted by molar-refractivity contribution is -0.119. The van der Waals surface area contributed by atoms with Crippen LogP contribution in [0.2, 0.25) is 0 Å². The molecule has 0 fully saturated rings. The van der Waals surface area contributed by atoms with Crippen molar-refractivity contribution in [3.63, 3.8) is 0 Å². The Hall–Kier alpha value is -2.67. The van der Waals surface area contributed by atoms with E-state index >= 15 is 0 Å². The summed E-state index contributed by atoms with van der Waals surface area (Å²) < 4.78 is 22.1. The number of benzene rings is 2. The maximum atomic E-state index is 12.2. The van der Waals surface area contributed by atoms with Gasteiger partial charge in [0.1, 0.15) is 5.75 Å². The van der Waals surface area contributed by atoms with E-state index in [4.69, 9.17) is 9.47 Å². The predicted octanol–water partition coefficient (Wildman–Crippen LogP) is 2.62. The monoisotopic (exact) mass is 361 g/mol. The van der Waals surface area contributed by atoms with E-state index in [-0.39, 0.29) is 5.56 Å². The minimum atomic E-state index is -1.29. The van der Waals surface area contributed by atoms with E-state index in [1.165, 1.54) is 13.2 Å². The molecule has 7 heteroatoms. The minimum Gasteiger partial charge on any atom is -0.497 e. The fourth-order valence-electron chi connectivity index (χ4n) is 2.10. The molecule has 0 bridgehead atoms. The highest BCUT2D eigenvalue weighted by Gasteiger charge is 2.17. The lowest BCUT2D eigenvalue weighted by Gasteiger charge is -2.10. The average molecular weight is 361 g/mol. The van der Waals surface area contributed by atoms with Crippen LogP contribution < -0.4 is 10.1 Å². The van der Waals surface area contributed by atoms with Crippen molar-refractivity contribution >= 4 is 28.4 Å². The first-order valence-corrected chi connectivity index (χ1v) is 8.95. The SMILES string of the molecule is CC[S@](=O)c1ccccc1C(=O)OCC(=O)Nc1cccc(OC)c1. The summed E-state index contributed by atoms with van der Waals surface area (Å²) in [5.74, 6) is -0.166. The predicted molar refractivity (Wildman–Crippen MR) is 95.3 cm³/mol. The summed E-state index contributed by atoms with van der Waals surface area (Å²) >= 11 is 0. The number of amides is 1. The van der Waals surface area contributed by atoms with Crippen LogP contribution in [0.25, 0.3) is 0 Å². The van der Waals surface area contributed by atoms with Crippen LogP contribution in [-0.4, -0.2) is 35.6 Å². The summed E-state index contributed by atoms with van der Waals surface area (Å²) in [6.45, 7) is 1.32. The molecule has 1 amide bonds. The van der Waals surface area contributed by atoms with E-state index in [2.05, 4.69) is 5.32 Å². The maximum Gasteiger partial charge on any atom is 0.339 e. The van der Waals surface area contributed by atoms with Crippen molar-refractivity contribution < 1.29 is 23.3 Å². The Balaban J connectivity index is 1.98. The van der Waals surface area contributed by atoms with Crippen LogP contribution in [0.3, 0.4) is 0 Å². The Morgan fingerprint density at radius 3 is 2.60 bits per heavy atom. The molecule has 1 atom stereocenters. The Bertz CT molecular complexity index is 791. The van der Waals surface area contributed by atoms with E-state index < -0.39 is 29.3 Å². The molecular weight excluding hydrogens is 342 g/mol. The third-order valence-corrected chi connectivity index (χ3v) is 4.67. The fourth-order valence-corrected chi connectivity index (χ4v) is 3.03. The molecule has 0 heterocycles. The molecule has 0 saturated heterocycles. The fraction of sp³-hybridized carbons (Fsp3) is 0.222. The summed E-state index contributed by atoms with van der Waals surface area (Å²) in [7, 11) is 0.241. The zero-order chi connectivity index (χ0) is 18.2. The van der Waals surface area contributed by atoms with Crippen LogP contribution in [-0.2, 0) is 20.3 Å². The lowest BCUT2D eigenvalue weighted by Crippen LogP contribution is -2.21. The van der Waals surface area contributed by atoms with Crippen molar-refractivity contribution in [3.05, 3.63) is 54.1 Å². The van der Waals surface area contributed by atoms with Crippen LogP contribution in [0, 0.1) is 0 Å². The van der Waals surface area contributed by atoms with Gasteiger partial charge < -0.3 is 14.8 Å². The first-order chi connectivity index (χ1) is 12.0. The molecule has 0 aliphatic heterocycles. The molecule has 0 aromatic heterocycles. The molecule has 0 saturated carbocycles. The molecule has 0 spiro atoms. The molecule has 0 aliphatic carbocycles. The van der Waals surface area contributed by atoms with Crippen molar-refractivity contribution in [3.8, 4) is 5.75 Å². The lowest BCUT2D eigenvalue weighted by atomic mass is 10.2. The average Bonchev–Trinajstić information content (AvgIpc) is 2.65. The molecule has 25 heavy (non-hydrogen) atoms. The van der Waals surface area contributed by atoms with E-state index in [0.29, 0.717) is 22.1 Å². The molecule has 0 unspecified atom stereocenters. The Kier molecular flexibility index (Phi) is 6.71. The highest BCUT2D eigenvalue weighted by atomic mass is 32.2. The van der Waals surface area contributed by atoms with Gasteiger partial charge in [0, 0.05) is 17.5 Å². The minimum absolute atomic E-state index is 0.205. The van der Waals surface area contributed by atoms with Gasteiger partial charge >= 0.3 is 5.97 Å². The zero-order valence-electron chi connectivity index (χ0n) is 14.0. The number of carbonyl (C=O) groups is 2. The van der Waals surface area contributed by atoms with Gasteiger partial charge in [-0.25, -0.2) is 4.79 Å². The van der Waals surface area contributed by atoms with Crippen molar-refractivity contribution in [1.82, 2.24) is 0 Å². The third-order valence-electron chi connectivity index (χ3n) is 3.30. The highest BCUT2D eigenvalue weighted by molar-refractivity contribution is 7.85. The van der Waals surface area contributed by atoms with Gasteiger partial charge in [-0.1, -0.05) is 25.1 Å². The van der Waals surface area contributed by atoms with E-state index in [1.54, 1.807) is 49.4 Å². The normalized spacial score (nSPS) is 11.4. The van der Waals surface area contributed by atoms with Crippen molar-refractivity contribution in [1.29, 1.82) is 0 Å². The summed E-state index contributed by atoms with van der Waals surface area (Å²) in [5.41, 5.74) is 0.741. The number of rotatable bonds is 7. The number of anilines is 1. The molecular formula is C18H19NO5S. The Morgan fingerprint density at radius 2 is 1.88 bits per heavy atom. The quantitative estimate of drug-likeness (QED) is 0.767. The number of ether oxygens (including phenoxy) is 2. The first-order valence-electron chi connectivity index (χ1n) is 7.63. The number of hydrogen-bond donors (Lipinski definition) is 1. The molecule has 0 aliphatic rings. The number of methoxy groups -OCH3 is 1. The van der Waals surface area contributed by atoms with Gasteiger partial charge in [-0.2, -0.15) is 0 Å². The van der Waals surface area contributed by atoms with E-state index in [0.717, 1.165) is 0 Å². The highest BCUT2D eigenvalue weighted by Crippen LogP contribution is 2.17. The second-order valence-corrected chi connectivity index (χ2v) is 6.69. The van der Waals surface area contributed by atoms with Gasteiger partial charge in [0.2, 0.25) is 0 Å². The van der Waals surface area contributed by atoms with Gasteiger partial charge in [0.15, 0.2) is 6.61 Å². The second kappa shape index (κ2) is 8.98. The second-order valence-electron chi connectivity index (χ2n) is 4.99. The first kappa shape index (κ1) is 18.7. The standard InChI is InChI=1S/C18H19NO5S/c1-3-25(22)16-10-5-4-9-15(16)18(21)24-12-17(20)19-13-7-6-8-14(11-13)23-2/h4-11H,3,12H2,1-2H3,(H,19,20)/t25-/m0/s1. The molecule has 0 radical (unpaired) electrons. The molecule has 2 aromatic carbocycles. The van der Waals surface area contributed by atoms with Crippen LogP contribution in [0.15, 0.2) is 53.4 Å². The smallest absolute Gasteiger partial charge is 0.339 e. The largest absolute Gasteiger partial charge is 0.497 e. The molecule has 132 valence electrons. The van der Waals surface area contributed by atoms with Gasteiger partial charge in [0.25, 0.3) is 5.91 Å². The van der Waals surface area contributed by atoms with Gasteiger partial charge in [-0.15, -0.1) is 0 Å². The van der Waals surface area contributed by atoms with Crippen LogP contribution in [0.1, 0.15) is 17.3 Å². The van der Waals surface area contributed by atoms with Crippen LogP contribution in [0.4, 0.5) is 5.69 Å². The van der Waals surface area contributed by atoms with Gasteiger partial charge in [0.05, 0.1) is 28.4 Å². The number of nitrogens with one attached hydrogen (secondary N) is 1. The van der Waals surface area contributed by atoms with Crippen molar-refractivity contribution in [2.24, 2.45) is 0 Å². The summed E-state index contributed by atoms with van der Waals surface area (Å²) in [6.07, 6.45) is 0. The van der Waals surface area contributed by atoms with Crippen molar-refractivity contribution in [2.75, 3.05) is 24.8 Å². The maximum absolute atomic E-state index is 12.2. The number of hydrogen-bond acceptors (Lipinski definition) is 5. The summed E-state index contributed by atoms with van der Waals surface area (Å²) in [6, 6.07) is 13.3. The number of esters is 1. The summed E-state index contributed by atoms with van der Waals surface area (Å²) in [4.78, 5) is 24.5. The zero-order valence-corrected chi connectivity index (χ0v) is 14.8. The number of carbonyl (C=O) groups excluding carboxylic acids is 2. The van der Waals surface area contributed by atoms with Crippen LogP contribution in [0.5, 0.6) is 5.75 Å². The molecule has 6 nitrogen and oxygen atoms in total. The van der Waals surface area contributed by atoms with Crippen LogP contribution >= 0.6 is 0 Å². The summed E-state index contributed by atoms with van der Waals surface area (Å²) in [5, 5.41) is 2.62. The van der Waals surface area contributed by atoms with Gasteiger partial charge in [-0.3, -0.25) is 9.00 Å². The topological polar surface area (TPSA) is 81.7 Å². The third kappa shape index (κ3) is 5.15. The Morgan fingerprint density at radius 1 is 1.12 bits per heavy atom. The van der Waals surface area contributed by atoms with Gasteiger partial charge in [-0.05, 0) is 24.3 Å². The molecule has 2 rings (SSSR count).